The van der Waals surface area contributed by atoms with Gasteiger partial charge in [-0.25, -0.2) is 9.55 Å². The van der Waals surface area contributed by atoms with Crippen molar-refractivity contribution in [3.05, 3.63) is 16.7 Å². The van der Waals surface area contributed by atoms with Gasteiger partial charge in [-0.3, -0.25) is 28.5 Å². The van der Waals surface area contributed by atoms with Gasteiger partial charge in [-0.15, -0.1) is 0 Å². The number of H-pyrrole nitrogens is 1. The standard InChI is InChI=1S/C10H14N5O8P.C4H8N2O3/c11-10-13-7-4(8(18)14-10)12-2-15(7)9-6(17)5(16)3(23-9)1-22-24(19,20)21;5-2(4(8)9)1-3(6)7/h2-3,5-6,9,16-17H,1H2,(H2,19,20,21)(H3,11,13,14,18);2H,1,5H2,(H2,6,7)(H,8,9)/t3-,5-,6-,9-;/m1./s1. The Morgan fingerprint density at radius 1 is 1.33 bits per heavy atom. The minimum atomic E-state index is -4.76. The van der Waals surface area contributed by atoms with E-state index < -0.39 is 62.4 Å². The Kier molecular flexibility index (Phi) is 8.22. The number of rotatable bonds is 7. The number of nitrogen functional groups attached to an aromatic ring is 1. The van der Waals surface area contributed by atoms with Crippen LogP contribution in [0.5, 0.6) is 0 Å². The topological polar surface area (TPSA) is 312 Å². The van der Waals surface area contributed by atoms with Gasteiger partial charge in [0.05, 0.1) is 19.4 Å². The van der Waals surface area contributed by atoms with E-state index in [4.69, 9.17) is 31.1 Å². The first-order chi connectivity index (χ1) is 15.2. The monoisotopic (exact) mass is 495 g/mol. The van der Waals surface area contributed by atoms with Crippen LogP contribution in [0.3, 0.4) is 0 Å². The molecule has 2 aromatic rings. The van der Waals surface area contributed by atoms with Gasteiger partial charge in [-0.1, -0.05) is 0 Å². The number of anilines is 1. The predicted molar refractivity (Wildman–Crippen MR) is 106 cm³/mol. The van der Waals surface area contributed by atoms with Crippen molar-refractivity contribution in [1.29, 1.82) is 0 Å². The number of fused-ring (bicyclic) bond motifs is 1. The quantitative estimate of drug-likeness (QED) is 0.164. The summed E-state index contributed by atoms with van der Waals surface area (Å²) in [6.07, 6.45) is -4.53. The molecule has 1 fully saturated rings. The number of phosphoric ester groups is 1. The summed E-state index contributed by atoms with van der Waals surface area (Å²) in [5, 5.41) is 28.2. The third-order valence-corrected chi connectivity index (χ3v) is 4.69. The smallest absolute Gasteiger partial charge is 0.469 e. The molecule has 0 spiro atoms. The number of aromatic amines is 1. The van der Waals surface area contributed by atoms with Crippen molar-refractivity contribution in [3.8, 4) is 0 Å². The summed E-state index contributed by atoms with van der Waals surface area (Å²) in [6.45, 7) is -0.651. The largest absolute Gasteiger partial charge is 0.480 e. The highest BCUT2D eigenvalue weighted by Gasteiger charge is 2.45. The van der Waals surface area contributed by atoms with E-state index >= 15 is 0 Å². The van der Waals surface area contributed by atoms with Gasteiger partial charge in [0.2, 0.25) is 11.9 Å². The van der Waals surface area contributed by atoms with Crippen molar-refractivity contribution >= 4 is 36.8 Å². The maximum Gasteiger partial charge on any atom is 0.469 e. The van der Waals surface area contributed by atoms with Gasteiger partial charge in [0, 0.05) is 0 Å². The summed E-state index contributed by atoms with van der Waals surface area (Å²) >= 11 is 0. The number of hydrogen-bond donors (Lipinski definition) is 9. The van der Waals surface area contributed by atoms with E-state index in [1.807, 2.05) is 0 Å². The zero-order chi connectivity index (χ0) is 25.1. The Morgan fingerprint density at radius 2 is 1.97 bits per heavy atom. The van der Waals surface area contributed by atoms with E-state index in [2.05, 4.69) is 25.2 Å². The Bertz CT molecular complexity index is 1110. The number of imidazole rings is 1. The summed E-state index contributed by atoms with van der Waals surface area (Å²) in [7, 11) is -4.76. The number of carboxylic acid groups (broad SMARTS) is 1. The summed E-state index contributed by atoms with van der Waals surface area (Å²) in [4.78, 5) is 59.0. The van der Waals surface area contributed by atoms with E-state index in [0.29, 0.717) is 0 Å². The average Bonchev–Trinajstić information content (AvgIpc) is 3.21. The van der Waals surface area contributed by atoms with Crippen LogP contribution in [-0.4, -0.2) is 87.5 Å². The minimum Gasteiger partial charge on any atom is -0.480 e. The van der Waals surface area contributed by atoms with Crippen LogP contribution in [-0.2, 0) is 23.4 Å². The van der Waals surface area contributed by atoms with Crippen LogP contribution in [0.15, 0.2) is 11.1 Å². The Labute approximate surface area is 183 Å². The van der Waals surface area contributed by atoms with E-state index in [1.54, 1.807) is 0 Å². The van der Waals surface area contributed by atoms with Crippen molar-refractivity contribution in [2.75, 3.05) is 12.3 Å². The molecule has 1 aliphatic rings. The molecule has 0 bridgehead atoms. The van der Waals surface area contributed by atoms with Gasteiger partial charge >= 0.3 is 13.8 Å². The molecular weight excluding hydrogens is 473 g/mol. The van der Waals surface area contributed by atoms with E-state index in [0.717, 1.165) is 0 Å². The fourth-order valence-corrected chi connectivity index (χ4v) is 3.04. The molecule has 18 nitrogen and oxygen atoms in total. The van der Waals surface area contributed by atoms with E-state index in [9.17, 15) is 29.2 Å². The molecule has 3 heterocycles. The number of ether oxygens (including phenoxy) is 1. The number of nitrogens with zero attached hydrogens (tertiary/aromatic N) is 3. The lowest BCUT2D eigenvalue weighted by Gasteiger charge is -2.16. The van der Waals surface area contributed by atoms with Gasteiger partial charge in [0.1, 0.15) is 24.4 Å². The molecule has 33 heavy (non-hydrogen) atoms. The fraction of sp³-hybridized carbons (Fsp3) is 0.500. The van der Waals surface area contributed by atoms with Crippen LogP contribution >= 0.6 is 7.82 Å². The molecule has 1 amide bonds. The zero-order valence-corrected chi connectivity index (χ0v) is 17.5. The molecule has 1 aliphatic heterocycles. The van der Waals surface area contributed by atoms with Crippen LogP contribution in [0.4, 0.5) is 5.95 Å². The fourth-order valence-electron chi connectivity index (χ4n) is 2.70. The number of hydrogen-bond acceptors (Lipinski definition) is 12. The van der Waals surface area contributed by atoms with Crippen LogP contribution in [0.2, 0.25) is 0 Å². The molecule has 0 aromatic carbocycles. The highest BCUT2D eigenvalue weighted by molar-refractivity contribution is 7.46. The van der Waals surface area contributed by atoms with Gasteiger partial charge < -0.3 is 47.0 Å². The molecule has 1 saturated heterocycles. The lowest BCUT2D eigenvalue weighted by molar-refractivity contribution is -0.140. The molecule has 0 radical (unpaired) electrons. The second-order valence-corrected chi connectivity index (χ2v) is 7.96. The first kappa shape index (κ1) is 26.3. The molecule has 1 unspecified atom stereocenters. The minimum absolute atomic E-state index is 0.0176. The third kappa shape index (κ3) is 6.76. The number of phosphoric acid groups is 1. The number of nitrogens with one attached hydrogen (secondary N) is 1. The van der Waals surface area contributed by atoms with E-state index in [1.165, 1.54) is 10.9 Å². The van der Waals surface area contributed by atoms with E-state index in [-0.39, 0.29) is 23.5 Å². The zero-order valence-electron chi connectivity index (χ0n) is 16.6. The molecule has 3 rings (SSSR count). The van der Waals surface area contributed by atoms with Gasteiger partial charge in [-0.05, 0) is 0 Å². The summed E-state index contributed by atoms with van der Waals surface area (Å²) in [5.41, 5.74) is 14.4. The lowest BCUT2D eigenvalue weighted by Crippen LogP contribution is -2.34. The number of primary amides is 1. The Morgan fingerprint density at radius 3 is 2.48 bits per heavy atom. The summed E-state index contributed by atoms with van der Waals surface area (Å²) in [5.74, 6) is -2.10. The first-order valence-corrected chi connectivity index (χ1v) is 10.4. The Hall–Kier alpha value is -2.96. The number of aromatic nitrogens is 4. The number of aliphatic carboxylic acids is 1. The SMILES string of the molecule is NC(=O)CC(N)C(=O)O.Nc1nc2c(ncn2[C@@H]2O[C@H](COP(=O)(O)O)[C@@H](O)[C@H]2O)c(=O)[nH]1. The number of aliphatic hydroxyl groups is 2. The van der Waals surface area contributed by atoms with Crippen LogP contribution in [0, 0.1) is 0 Å². The molecule has 12 N–H and O–H groups in total. The number of carboxylic acids is 1. The second kappa shape index (κ2) is 10.3. The number of carbonyl (C=O) groups excluding carboxylic acids is 1. The van der Waals surface area contributed by atoms with Crippen LogP contribution in [0.1, 0.15) is 12.6 Å². The molecule has 5 atom stereocenters. The van der Waals surface area contributed by atoms with Gasteiger partial charge in [-0.2, -0.15) is 4.98 Å². The molecular formula is C14H22N7O11P. The van der Waals surface area contributed by atoms with Gasteiger partial charge in [0.25, 0.3) is 5.56 Å². The van der Waals surface area contributed by atoms with Crippen molar-refractivity contribution in [3.63, 3.8) is 0 Å². The summed E-state index contributed by atoms with van der Waals surface area (Å²) in [6, 6.07) is -1.16. The third-order valence-electron chi connectivity index (χ3n) is 4.21. The van der Waals surface area contributed by atoms with Gasteiger partial charge in [0.15, 0.2) is 17.4 Å². The van der Waals surface area contributed by atoms with Crippen molar-refractivity contribution in [1.82, 2.24) is 19.5 Å². The number of aliphatic hydroxyl groups excluding tert-OH is 2. The lowest BCUT2D eigenvalue weighted by atomic mass is 10.1. The summed E-state index contributed by atoms with van der Waals surface area (Å²) < 4.78 is 21.6. The highest BCUT2D eigenvalue weighted by Crippen LogP contribution is 2.38. The van der Waals surface area contributed by atoms with Crippen molar-refractivity contribution in [2.24, 2.45) is 11.5 Å². The number of carbonyl (C=O) groups is 2. The predicted octanol–water partition coefficient (Wildman–Crippen LogP) is -4.30. The molecule has 0 saturated carbocycles. The number of nitrogens with two attached hydrogens (primary N) is 3. The maximum atomic E-state index is 11.7. The van der Waals surface area contributed by atoms with Crippen molar-refractivity contribution < 1.29 is 48.5 Å². The normalized spacial score (nSPS) is 23.7. The number of amides is 1. The maximum absolute atomic E-state index is 11.7. The average molecular weight is 495 g/mol. The highest BCUT2D eigenvalue weighted by atomic mass is 31.2. The molecule has 2 aromatic heterocycles. The van der Waals surface area contributed by atoms with Crippen molar-refractivity contribution in [2.45, 2.75) is 37.0 Å². The van der Waals surface area contributed by atoms with Crippen LogP contribution < -0.4 is 22.8 Å². The molecule has 19 heteroatoms. The second-order valence-electron chi connectivity index (χ2n) is 6.72. The van der Waals surface area contributed by atoms with Crippen LogP contribution in [0.25, 0.3) is 11.2 Å². The molecule has 0 aliphatic carbocycles. The first-order valence-electron chi connectivity index (χ1n) is 8.92. The Balaban J connectivity index is 0.000000365. The molecule has 184 valence electrons.